The lowest BCUT2D eigenvalue weighted by Gasteiger charge is -2.30. The van der Waals surface area contributed by atoms with Crippen LogP contribution in [0.2, 0.25) is 0 Å². The van der Waals surface area contributed by atoms with Crippen molar-refractivity contribution in [1.82, 2.24) is 10.2 Å². The predicted octanol–water partition coefficient (Wildman–Crippen LogP) is 3.58. The number of nitrogens with one attached hydrogen (secondary N) is 1. The van der Waals surface area contributed by atoms with Crippen LogP contribution >= 0.6 is 0 Å². The summed E-state index contributed by atoms with van der Waals surface area (Å²) in [6.45, 7) is 7.97. The summed E-state index contributed by atoms with van der Waals surface area (Å²) in [5.74, 6) is 0.663. The molecule has 2 aromatic rings. The smallest absolute Gasteiger partial charge is 0.242 e. The van der Waals surface area contributed by atoms with E-state index in [-0.39, 0.29) is 43.8 Å². The summed E-state index contributed by atoms with van der Waals surface area (Å²) < 4.78 is 37.3. The third kappa shape index (κ3) is 8.96. The Morgan fingerprint density at radius 1 is 1.03 bits per heavy atom. The Hall–Kier alpha value is -3.27. The van der Waals surface area contributed by atoms with E-state index < -0.39 is 16.1 Å². The molecule has 9 nitrogen and oxygen atoms in total. The van der Waals surface area contributed by atoms with Gasteiger partial charge in [-0.15, -0.1) is 0 Å². The number of rotatable bonds is 14. The number of amides is 2. The fraction of sp³-hybridized carbons (Fsp3) is 0.481. The first kappa shape index (κ1) is 30.0. The Morgan fingerprint density at radius 2 is 1.68 bits per heavy atom. The zero-order chi connectivity index (χ0) is 27.6. The fourth-order valence-corrected chi connectivity index (χ4v) is 4.81. The van der Waals surface area contributed by atoms with Gasteiger partial charge < -0.3 is 19.7 Å². The molecule has 37 heavy (non-hydrogen) atoms. The van der Waals surface area contributed by atoms with E-state index in [9.17, 15) is 18.0 Å². The van der Waals surface area contributed by atoms with Gasteiger partial charge in [-0.05, 0) is 63.9 Å². The molecule has 204 valence electrons. The number of hydrogen-bond donors (Lipinski definition) is 1. The van der Waals surface area contributed by atoms with Crippen molar-refractivity contribution >= 4 is 27.5 Å². The van der Waals surface area contributed by atoms with Crippen molar-refractivity contribution in [2.45, 2.75) is 59.2 Å². The first-order chi connectivity index (χ1) is 17.5. The monoisotopic (exact) mass is 533 g/mol. The van der Waals surface area contributed by atoms with Crippen molar-refractivity contribution in [1.29, 1.82) is 0 Å². The van der Waals surface area contributed by atoms with E-state index in [0.717, 1.165) is 11.8 Å². The topological polar surface area (TPSA) is 105 Å². The Balaban J connectivity index is 2.21. The zero-order valence-electron chi connectivity index (χ0n) is 22.6. The van der Waals surface area contributed by atoms with Gasteiger partial charge in [-0.25, -0.2) is 8.42 Å². The highest BCUT2D eigenvalue weighted by Crippen LogP contribution is 2.30. The maximum Gasteiger partial charge on any atom is 0.242 e. The minimum atomic E-state index is -3.62. The van der Waals surface area contributed by atoms with E-state index in [4.69, 9.17) is 9.47 Å². The van der Waals surface area contributed by atoms with Gasteiger partial charge in [0.15, 0.2) is 0 Å². The molecule has 0 saturated heterocycles. The SMILES string of the molecule is CCOc1ccccc1N(CCCC(=O)N(Cc1ccc(OC)cc1)[C@@H](C)C(=O)NC(C)C)S(C)(=O)=O. The lowest BCUT2D eigenvalue weighted by atomic mass is 10.1. The molecule has 2 rings (SSSR count). The van der Waals surface area contributed by atoms with Gasteiger partial charge in [0.1, 0.15) is 17.5 Å². The van der Waals surface area contributed by atoms with Crippen molar-refractivity contribution in [2.75, 3.05) is 30.8 Å². The molecule has 2 amide bonds. The third-order valence-electron chi connectivity index (χ3n) is 5.70. The number of carbonyl (C=O) groups is 2. The molecule has 0 aliphatic rings. The number of hydrogen-bond acceptors (Lipinski definition) is 6. The van der Waals surface area contributed by atoms with Gasteiger partial charge >= 0.3 is 0 Å². The lowest BCUT2D eigenvalue weighted by Crippen LogP contribution is -2.49. The second kappa shape index (κ2) is 13.9. The van der Waals surface area contributed by atoms with Crippen molar-refractivity contribution in [3.8, 4) is 11.5 Å². The maximum absolute atomic E-state index is 13.4. The fourth-order valence-electron chi connectivity index (χ4n) is 3.84. The van der Waals surface area contributed by atoms with Crippen LogP contribution in [-0.2, 0) is 26.2 Å². The average Bonchev–Trinajstić information content (AvgIpc) is 2.84. The summed E-state index contributed by atoms with van der Waals surface area (Å²) in [5, 5.41) is 2.86. The summed E-state index contributed by atoms with van der Waals surface area (Å²) in [4.78, 5) is 27.7. The molecule has 1 atom stereocenters. The van der Waals surface area contributed by atoms with Gasteiger partial charge in [0, 0.05) is 25.6 Å². The summed E-state index contributed by atoms with van der Waals surface area (Å²) in [5.41, 5.74) is 1.28. The summed E-state index contributed by atoms with van der Waals surface area (Å²) in [7, 11) is -2.04. The van der Waals surface area contributed by atoms with Crippen LogP contribution in [0.4, 0.5) is 5.69 Å². The molecule has 0 aromatic heterocycles. The van der Waals surface area contributed by atoms with Crippen LogP contribution in [0.15, 0.2) is 48.5 Å². The second-order valence-corrected chi connectivity index (χ2v) is 11.0. The minimum Gasteiger partial charge on any atom is -0.497 e. The lowest BCUT2D eigenvalue weighted by molar-refractivity contribution is -0.140. The van der Waals surface area contributed by atoms with E-state index in [1.807, 2.05) is 32.9 Å². The molecule has 1 N–H and O–H groups in total. The number of sulfonamides is 1. The minimum absolute atomic E-state index is 0.0677. The quantitative estimate of drug-likeness (QED) is 0.398. The number of benzene rings is 2. The molecule has 0 bridgehead atoms. The first-order valence-electron chi connectivity index (χ1n) is 12.4. The van der Waals surface area contributed by atoms with Crippen molar-refractivity contribution in [3.63, 3.8) is 0 Å². The zero-order valence-corrected chi connectivity index (χ0v) is 23.4. The molecule has 0 saturated carbocycles. The van der Waals surface area contributed by atoms with Gasteiger partial charge in [0.05, 0.1) is 25.7 Å². The Morgan fingerprint density at radius 3 is 2.24 bits per heavy atom. The number of ether oxygens (including phenoxy) is 2. The van der Waals surface area contributed by atoms with E-state index in [1.165, 1.54) is 9.21 Å². The van der Waals surface area contributed by atoms with Crippen LogP contribution in [0.3, 0.4) is 0 Å². The molecule has 0 spiro atoms. The highest BCUT2D eigenvalue weighted by atomic mass is 32.2. The average molecular weight is 534 g/mol. The molecule has 0 fully saturated rings. The molecular weight excluding hydrogens is 494 g/mol. The van der Waals surface area contributed by atoms with Crippen LogP contribution in [-0.4, -0.2) is 63.7 Å². The Bertz CT molecular complexity index is 1140. The van der Waals surface area contributed by atoms with E-state index >= 15 is 0 Å². The van der Waals surface area contributed by atoms with E-state index in [2.05, 4.69) is 5.32 Å². The standard InChI is InChI=1S/C27H39N3O6S/c1-7-36-25-12-9-8-11-24(25)30(37(6,33)34)18-10-13-26(31)29(21(4)27(32)28-20(2)3)19-22-14-16-23(35-5)17-15-22/h8-9,11-12,14-17,20-21H,7,10,13,18-19H2,1-6H3,(H,28,32)/t21-/m0/s1. The number of methoxy groups -OCH3 is 1. The molecule has 0 radical (unpaired) electrons. The number of anilines is 1. The van der Waals surface area contributed by atoms with Gasteiger partial charge in [0.25, 0.3) is 0 Å². The van der Waals surface area contributed by atoms with E-state index in [1.54, 1.807) is 50.4 Å². The highest BCUT2D eigenvalue weighted by molar-refractivity contribution is 7.92. The first-order valence-corrected chi connectivity index (χ1v) is 14.2. The number of para-hydroxylation sites is 2. The van der Waals surface area contributed by atoms with Crippen LogP contribution in [0.1, 0.15) is 46.1 Å². The van der Waals surface area contributed by atoms with Gasteiger partial charge in [-0.2, -0.15) is 0 Å². The van der Waals surface area contributed by atoms with Crippen molar-refractivity contribution in [2.24, 2.45) is 0 Å². The van der Waals surface area contributed by atoms with Crippen LogP contribution in [0.25, 0.3) is 0 Å². The summed E-state index contributed by atoms with van der Waals surface area (Å²) in [6, 6.07) is 13.4. The second-order valence-electron chi connectivity index (χ2n) is 9.05. The number of carbonyl (C=O) groups excluding carboxylic acids is 2. The predicted molar refractivity (Wildman–Crippen MR) is 145 cm³/mol. The molecule has 0 aliphatic heterocycles. The third-order valence-corrected chi connectivity index (χ3v) is 6.88. The maximum atomic E-state index is 13.4. The Kier molecular flexibility index (Phi) is 11.2. The van der Waals surface area contributed by atoms with Crippen molar-refractivity contribution < 1.29 is 27.5 Å². The van der Waals surface area contributed by atoms with Gasteiger partial charge in [-0.3, -0.25) is 13.9 Å². The Labute approximate surface area is 220 Å². The molecular formula is C27H39N3O6S. The van der Waals surface area contributed by atoms with Crippen LogP contribution < -0.4 is 19.1 Å². The molecule has 10 heteroatoms. The van der Waals surface area contributed by atoms with Gasteiger partial charge in [-0.1, -0.05) is 24.3 Å². The summed E-state index contributed by atoms with van der Waals surface area (Å²) in [6.07, 6.45) is 1.47. The highest BCUT2D eigenvalue weighted by Gasteiger charge is 2.27. The molecule has 2 aromatic carbocycles. The summed E-state index contributed by atoms with van der Waals surface area (Å²) >= 11 is 0. The van der Waals surface area contributed by atoms with Gasteiger partial charge in [0.2, 0.25) is 21.8 Å². The van der Waals surface area contributed by atoms with E-state index in [0.29, 0.717) is 23.8 Å². The normalized spacial score (nSPS) is 12.1. The number of nitrogens with zero attached hydrogens (tertiary/aromatic N) is 2. The molecule has 0 heterocycles. The largest absolute Gasteiger partial charge is 0.497 e. The molecule has 0 unspecified atom stereocenters. The van der Waals surface area contributed by atoms with Crippen LogP contribution in [0.5, 0.6) is 11.5 Å². The molecule has 0 aliphatic carbocycles. The van der Waals surface area contributed by atoms with Crippen molar-refractivity contribution in [3.05, 3.63) is 54.1 Å². The van der Waals surface area contributed by atoms with Crippen LogP contribution in [0, 0.1) is 0 Å².